The fourth-order valence-corrected chi connectivity index (χ4v) is 1.40. The summed E-state index contributed by atoms with van der Waals surface area (Å²) < 4.78 is 16.4. The summed E-state index contributed by atoms with van der Waals surface area (Å²) in [7, 11) is -4.17. The van der Waals surface area contributed by atoms with E-state index in [9.17, 15) is 4.57 Å². The Morgan fingerprint density at radius 1 is 1.41 bits per heavy atom. The van der Waals surface area contributed by atoms with Crippen molar-refractivity contribution in [1.82, 2.24) is 19.7 Å². The highest BCUT2D eigenvalue weighted by molar-refractivity contribution is 7.51. The average Bonchev–Trinajstić information content (AvgIpc) is 2.67. The van der Waals surface area contributed by atoms with Crippen molar-refractivity contribution in [2.75, 3.05) is 13.1 Å². The number of hydrogen-bond acceptors (Lipinski definition) is 6. The van der Waals surface area contributed by atoms with Gasteiger partial charge in [-0.3, -0.25) is 4.57 Å². The van der Waals surface area contributed by atoms with Crippen molar-refractivity contribution in [3.8, 4) is 0 Å². The predicted molar refractivity (Wildman–Crippen MR) is 54.8 cm³/mol. The summed E-state index contributed by atoms with van der Waals surface area (Å²) in [6, 6.07) is 0. The zero-order chi connectivity index (χ0) is 12.3. The second-order valence-electron chi connectivity index (χ2n) is 3.05. The third-order valence-electron chi connectivity index (χ3n) is 1.72. The minimum absolute atomic E-state index is 0.319. The summed E-state index contributed by atoms with van der Waals surface area (Å²) in [6.45, 7) is -0.319. The van der Waals surface area contributed by atoms with E-state index in [-0.39, 0.29) is 6.79 Å². The molecule has 2 aromatic rings. The highest BCUT2D eigenvalue weighted by Crippen LogP contribution is 2.33. The van der Waals surface area contributed by atoms with Crippen molar-refractivity contribution in [2.24, 2.45) is 0 Å². The maximum atomic E-state index is 10.5. The molecule has 0 bridgehead atoms. The van der Waals surface area contributed by atoms with E-state index in [2.05, 4.69) is 19.7 Å². The number of imidazole rings is 1. The van der Waals surface area contributed by atoms with E-state index in [0.29, 0.717) is 11.2 Å². The molecule has 2 aromatic heterocycles. The summed E-state index contributed by atoms with van der Waals surface area (Å²) in [5, 5.41) is 0. The normalized spacial score (nSPS) is 11.9. The Bertz CT molecular complexity index is 552. The summed E-state index contributed by atoms with van der Waals surface area (Å²) in [5.41, 5.74) is 0.988. The lowest BCUT2D eigenvalue weighted by Crippen LogP contribution is -2.15. The molecule has 0 fully saturated rings. The molecule has 0 aromatic carbocycles. The molecule has 0 saturated carbocycles. The fourth-order valence-electron chi connectivity index (χ4n) is 1.09. The fraction of sp³-hybridized carbons (Fsp3) is 0.286. The maximum absolute atomic E-state index is 10.5. The molecule has 0 aliphatic carbocycles. The number of hydrogen-bond donors (Lipinski definition) is 2. The summed E-state index contributed by atoms with van der Waals surface area (Å²) in [4.78, 5) is 33.8. The van der Waals surface area contributed by atoms with Crippen molar-refractivity contribution in [3.05, 3.63) is 18.9 Å². The zero-order valence-electron chi connectivity index (χ0n) is 8.50. The van der Waals surface area contributed by atoms with Crippen molar-refractivity contribution < 1.29 is 23.9 Å². The molecular formula is C7H9N4O5P. The molecule has 0 atom stereocenters. The molecule has 17 heavy (non-hydrogen) atoms. The van der Waals surface area contributed by atoms with Gasteiger partial charge in [0.05, 0.1) is 6.20 Å². The van der Waals surface area contributed by atoms with Crippen LogP contribution < -0.4 is 4.84 Å². The lowest BCUT2D eigenvalue weighted by atomic mass is 10.6. The van der Waals surface area contributed by atoms with Crippen LogP contribution in [-0.4, -0.2) is 42.6 Å². The van der Waals surface area contributed by atoms with Crippen molar-refractivity contribution >= 4 is 18.8 Å². The SMILES string of the molecule is O=P(O)(O)COCOn1cnc2cncnc21. The largest absolute Gasteiger partial charge is 0.382 e. The molecule has 0 aliphatic heterocycles. The van der Waals surface area contributed by atoms with E-state index in [1.807, 2.05) is 0 Å². The molecule has 2 heterocycles. The number of aromatic nitrogens is 4. The first-order valence-corrected chi connectivity index (χ1v) is 6.25. The molecule has 0 spiro atoms. The minimum atomic E-state index is -4.17. The molecule has 92 valence electrons. The minimum Gasteiger partial charge on any atom is -0.382 e. The van der Waals surface area contributed by atoms with Crippen LogP contribution in [-0.2, 0) is 9.30 Å². The molecule has 0 unspecified atom stereocenters. The molecule has 0 amide bonds. The first-order chi connectivity index (χ1) is 8.06. The van der Waals surface area contributed by atoms with Crippen LogP contribution >= 0.6 is 7.60 Å². The standard InChI is InChI=1S/C7H9N4O5P/c12-17(13,14)5-15-4-16-11-3-10-6-1-8-2-9-7(6)11/h1-3H,4-5H2,(H2,12,13,14). The number of rotatable bonds is 5. The Hall–Kier alpha value is -1.54. The Balaban J connectivity index is 1.93. The molecule has 0 radical (unpaired) electrons. The number of nitrogens with zero attached hydrogens (tertiary/aromatic N) is 4. The van der Waals surface area contributed by atoms with Gasteiger partial charge in [0.15, 0.2) is 12.0 Å². The van der Waals surface area contributed by atoms with Crippen LogP contribution in [0.15, 0.2) is 18.9 Å². The lowest BCUT2D eigenvalue weighted by molar-refractivity contribution is -0.0452. The Morgan fingerprint density at radius 2 is 2.24 bits per heavy atom. The van der Waals surface area contributed by atoms with Gasteiger partial charge in [0, 0.05) is 0 Å². The average molecular weight is 260 g/mol. The molecule has 10 heteroatoms. The van der Waals surface area contributed by atoms with Gasteiger partial charge in [0.1, 0.15) is 18.2 Å². The third kappa shape index (κ3) is 3.21. The van der Waals surface area contributed by atoms with Crippen molar-refractivity contribution in [1.29, 1.82) is 0 Å². The van der Waals surface area contributed by atoms with Gasteiger partial charge in [-0.1, -0.05) is 0 Å². The van der Waals surface area contributed by atoms with Crippen LogP contribution in [0.4, 0.5) is 0 Å². The Morgan fingerprint density at radius 3 is 3.00 bits per heavy atom. The molecular weight excluding hydrogens is 251 g/mol. The summed E-state index contributed by atoms with van der Waals surface area (Å²) >= 11 is 0. The van der Waals surface area contributed by atoms with Crippen LogP contribution in [0.25, 0.3) is 11.2 Å². The first-order valence-electron chi connectivity index (χ1n) is 4.45. The Labute approximate surface area is 95.2 Å². The van der Waals surface area contributed by atoms with Gasteiger partial charge in [-0.2, -0.15) is 0 Å². The van der Waals surface area contributed by atoms with E-state index in [0.717, 1.165) is 0 Å². The number of ether oxygens (including phenoxy) is 1. The van der Waals surface area contributed by atoms with Gasteiger partial charge in [-0.15, -0.1) is 4.73 Å². The molecule has 2 rings (SSSR count). The van der Waals surface area contributed by atoms with Gasteiger partial charge in [-0.05, 0) is 0 Å². The smallest absolute Gasteiger partial charge is 0.351 e. The van der Waals surface area contributed by atoms with Gasteiger partial charge < -0.3 is 19.4 Å². The van der Waals surface area contributed by atoms with E-state index >= 15 is 0 Å². The summed E-state index contributed by atoms with van der Waals surface area (Å²) in [6.07, 6.45) is 3.51. The topological polar surface area (TPSA) is 120 Å². The van der Waals surface area contributed by atoms with Crippen LogP contribution in [0.3, 0.4) is 0 Å². The quantitative estimate of drug-likeness (QED) is 0.414. The van der Waals surface area contributed by atoms with Crippen LogP contribution in [0.5, 0.6) is 0 Å². The van der Waals surface area contributed by atoms with Gasteiger partial charge in [0.25, 0.3) is 0 Å². The zero-order valence-corrected chi connectivity index (χ0v) is 9.40. The first kappa shape index (κ1) is 11.9. The number of fused-ring (bicyclic) bond motifs is 1. The van der Waals surface area contributed by atoms with Crippen molar-refractivity contribution in [2.45, 2.75) is 0 Å². The predicted octanol–water partition coefficient (Wildman–Crippen LogP) is -0.636. The molecule has 0 saturated heterocycles. The Kier molecular flexibility index (Phi) is 3.34. The highest BCUT2D eigenvalue weighted by atomic mass is 31.2. The van der Waals surface area contributed by atoms with Gasteiger partial charge in [-0.25, -0.2) is 15.0 Å². The van der Waals surface area contributed by atoms with Gasteiger partial charge in [0.2, 0.25) is 6.79 Å². The van der Waals surface area contributed by atoms with E-state index in [4.69, 9.17) is 14.6 Å². The van der Waals surface area contributed by atoms with Gasteiger partial charge >= 0.3 is 7.60 Å². The van der Waals surface area contributed by atoms with Crippen LogP contribution in [0, 0.1) is 0 Å². The maximum Gasteiger partial charge on any atom is 0.351 e. The van der Waals surface area contributed by atoms with Crippen molar-refractivity contribution in [3.63, 3.8) is 0 Å². The monoisotopic (exact) mass is 260 g/mol. The van der Waals surface area contributed by atoms with Crippen LogP contribution in [0.1, 0.15) is 0 Å². The lowest BCUT2D eigenvalue weighted by Gasteiger charge is -2.07. The summed E-state index contributed by atoms with van der Waals surface area (Å²) in [5.74, 6) is 0. The van der Waals surface area contributed by atoms with E-state index < -0.39 is 13.9 Å². The molecule has 9 nitrogen and oxygen atoms in total. The van der Waals surface area contributed by atoms with Crippen LogP contribution in [0.2, 0.25) is 0 Å². The second kappa shape index (κ2) is 4.76. The van der Waals surface area contributed by atoms with E-state index in [1.54, 1.807) is 0 Å². The highest BCUT2D eigenvalue weighted by Gasteiger charge is 2.12. The molecule has 2 N–H and O–H groups in total. The van der Waals surface area contributed by atoms with E-state index in [1.165, 1.54) is 23.6 Å². The third-order valence-corrected chi connectivity index (χ3v) is 2.24. The second-order valence-corrected chi connectivity index (χ2v) is 4.63. The molecule has 0 aliphatic rings.